The summed E-state index contributed by atoms with van der Waals surface area (Å²) >= 11 is 0. The van der Waals surface area contributed by atoms with E-state index in [0.717, 1.165) is 0 Å². The molecule has 3 rings (SSSR count). The SMILES string of the molecule is COc1ccccc1C(=O)Nc1ccc(OS(=O)(=O)Cc2ccc(F)cc2)cc1. The smallest absolute Gasteiger partial charge is 0.313 e. The maximum atomic E-state index is 12.9. The Hall–Kier alpha value is -3.39. The summed E-state index contributed by atoms with van der Waals surface area (Å²) in [6, 6.07) is 17.8. The van der Waals surface area contributed by atoms with E-state index in [2.05, 4.69) is 5.32 Å². The van der Waals surface area contributed by atoms with E-state index >= 15 is 0 Å². The molecule has 0 aliphatic rings. The number of nitrogens with one attached hydrogen (secondary N) is 1. The van der Waals surface area contributed by atoms with Gasteiger partial charge < -0.3 is 14.2 Å². The highest BCUT2D eigenvalue weighted by molar-refractivity contribution is 7.86. The fourth-order valence-corrected chi connectivity index (χ4v) is 3.65. The maximum Gasteiger partial charge on any atom is 0.313 e. The molecule has 0 atom stereocenters. The summed E-state index contributed by atoms with van der Waals surface area (Å²) in [5.41, 5.74) is 1.24. The molecular weight excluding hydrogens is 397 g/mol. The van der Waals surface area contributed by atoms with Crippen molar-refractivity contribution < 1.29 is 26.5 Å². The van der Waals surface area contributed by atoms with Gasteiger partial charge in [0, 0.05) is 5.69 Å². The van der Waals surface area contributed by atoms with Gasteiger partial charge in [-0.05, 0) is 54.1 Å². The number of methoxy groups -OCH3 is 1. The minimum absolute atomic E-state index is 0.0994. The van der Waals surface area contributed by atoms with Crippen molar-refractivity contribution in [2.24, 2.45) is 0 Å². The fourth-order valence-electron chi connectivity index (χ4n) is 2.59. The molecule has 8 heteroatoms. The predicted octanol–water partition coefficient (Wildman–Crippen LogP) is 4.00. The molecule has 3 aromatic carbocycles. The third kappa shape index (κ3) is 5.55. The van der Waals surface area contributed by atoms with Crippen LogP contribution in [0.15, 0.2) is 72.8 Å². The molecule has 6 nitrogen and oxygen atoms in total. The summed E-state index contributed by atoms with van der Waals surface area (Å²) in [5, 5.41) is 2.71. The van der Waals surface area contributed by atoms with Gasteiger partial charge >= 0.3 is 10.1 Å². The maximum absolute atomic E-state index is 12.9. The molecule has 0 radical (unpaired) electrons. The van der Waals surface area contributed by atoms with E-state index in [0.29, 0.717) is 22.6 Å². The molecule has 0 bridgehead atoms. The molecule has 0 aliphatic heterocycles. The highest BCUT2D eigenvalue weighted by Gasteiger charge is 2.15. The van der Waals surface area contributed by atoms with Gasteiger partial charge in [-0.3, -0.25) is 4.79 Å². The van der Waals surface area contributed by atoms with Crippen molar-refractivity contribution in [3.63, 3.8) is 0 Å². The number of halogens is 1. The second-order valence-electron chi connectivity index (χ2n) is 6.09. The third-order valence-corrected chi connectivity index (χ3v) is 5.08. The van der Waals surface area contributed by atoms with Crippen LogP contribution in [0.2, 0.25) is 0 Å². The van der Waals surface area contributed by atoms with Gasteiger partial charge in [0.25, 0.3) is 5.91 Å². The van der Waals surface area contributed by atoms with Crippen LogP contribution < -0.4 is 14.2 Å². The Morgan fingerprint density at radius 1 is 0.966 bits per heavy atom. The summed E-state index contributed by atoms with van der Waals surface area (Å²) in [6.45, 7) is 0. The lowest BCUT2D eigenvalue weighted by atomic mass is 10.2. The average Bonchev–Trinajstić information content (AvgIpc) is 2.70. The summed E-state index contributed by atoms with van der Waals surface area (Å²) < 4.78 is 47.5. The van der Waals surface area contributed by atoms with E-state index in [9.17, 15) is 17.6 Å². The van der Waals surface area contributed by atoms with Gasteiger partial charge in [0.1, 0.15) is 23.1 Å². The fraction of sp³-hybridized carbons (Fsp3) is 0.0952. The van der Waals surface area contributed by atoms with E-state index < -0.39 is 15.9 Å². The van der Waals surface area contributed by atoms with Crippen molar-refractivity contribution in [3.05, 3.63) is 89.7 Å². The minimum Gasteiger partial charge on any atom is -0.496 e. The highest BCUT2D eigenvalue weighted by atomic mass is 32.2. The van der Waals surface area contributed by atoms with Gasteiger partial charge in [0.05, 0.1) is 12.7 Å². The molecule has 0 saturated carbocycles. The lowest BCUT2D eigenvalue weighted by Crippen LogP contribution is -2.14. The number of carbonyl (C=O) groups is 1. The molecule has 0 unspecified atom stereocenters. The molecule has 150 valence electrons. The average molecular weight is 415 g/mol. The van der Waals surface area contributed by atoms with Crippen molar-refractivity contribution in [1.29, 1.82) is 0 Å². The molecule has 0 saturated heterocycles. The first-order valence-corrected chi connectivity index (χ1v) is 10.1. The number of amides is 1. The normalized spacial score (nSPS) is 11.0. The van der Waals surface area contributed by atoms with Gasteiger partial charge in [-0.15, -0.1) is 0 Å². The third-order valence-electron chi connectivity index (χ3n) is 3.94. The van der Waals surface area contributed by atoms with Crippen molar-refractivity contribution in [2.75, 3.05) is 12.4 Å². The number of benzene rings is 3. The second-order valence-corrected chi connectivity index (χ2v) is 7.66. The Labute approximate surface area is 168 Å². The van der Waals surface area contributed by atoms with Crippen LogP contribution in [0.1, 0.15) is 15.9 Å². The standard InChI is InChI=1S/C21H18FNO5S/c1-27-20-5-3-2-4-19(20)21(24)23-17-10-12-18(13-11-17)28-29(25,26)14-15-6-8-16(22)9-7-15/h2-13H,14H2,1H3,(H,23,24). The molecule has 3 aromatic rings. The number of ether oxygens (including phenoxy) is 1. The molecule has 1 N–H and O–H groups in total. The van der Waals surface area contributed by atoms with Gasteiger partial charge in [0.15, 0.2) is 0 Å². The number of carbonyl (C=O) groups excluding carboxylic acids is 1. The van der Waals surface area contributed by atoms with Crippen LogP contribution in [0.3, 0.4) is 0 Å². The Balaban J connectivity index is 1.65. The predicted molar refractivity (Wildman–Crippen MR) is 107 cm³/mol. The van der Waals surface area contributed by atoms with Crippen LogP contribution in [-0.2, 0) is 15.9 Å². The zero-order chi connectivity index (χ0) is 20.9. The largest absolute Gasteiger partial charge is 0.496 e. The Morgan fingerprint density at radius 3 is 2.28 bits per heavy atom. The zero-order valence-corrected chi connectivity index (χ0v) is 16.3. The molecule has 0 aromatic heterocycles. The number of para-hydroxylation sites is 1. The number of anilines is 1. The Bertz CT molecular complexity index is 1100. The van der Waals surface area contributed by atoms with Gasteiger partial charge in [-0.25, -0.2) is 4.39 Å². The summed E-state index contributed by atoms with van der Waals surface area (Å²) in [5.74, 6) is -0.656. The molecule has 29 heavy (non-hydrogen) atoms. The first-order valence-electron chi connectivity index (χ1n) is 8.57. The molecule has 0 fully saturated rings. The quantitative estimate of drug-likeness (QED) is 0.590. The van der Waals surface area contributed by atoms with E-state index in [-0.39, 0.29) is 17.4 Å². The minimum atomic E-state index is -3.91. The number of hydrogen-bond acceptors (Lipinski definition) is 5. The molecular formula is C21H18FNO5S. The van der Waals surface area contributed by atoms with Crippen LogP contribution in [0, 0.1) is 5.82 Å². The van der Waals surface area contributed by atoms with E-state index in [4.69, 9.17) is 8.92 Å². The summed E-state index contributed by atoms with van der Waals surface area (Å²) in [4.78, 5) is 12.4. The lowest BCUT2D eigenvalue weighted by Gasteiger charge is -2.10. The first-order chi connectivity index (χ1) is 13.9. The van der Waals surface area contributed by atoms with Crippen molar-refractivity contribution >= 4 is 21.7 Å². The lowest BCUT2D eigenvalue weighted by molar-refractivity contribution is 0.102. The topological polar surface area (TPSA) is 81.7 Å². The Kier molecular flexibility index (Phi) is 6.13. The molecule has 1 amide bonds. The van der Waals surface area contributed by atoms with Crippen LogP contribution in [0.5, 0.6) is 11.5 Å². The summed E-state index contributed by atoms with van der Waals surface area (Å²) in [7, 11) is -2.44. The monoisotopic (exact) mass is 415 g/mol. The molecule has 0 heterocycles. The second kappa shape index (κ2) is 8.74. The van der Waals surface area contributed by atoms with Gasteiger partial charge in [-0.2, -0.15) is 8.42 Å². The van der Waals surface area contributed by atoms with Crippen molar-refractivity contribution in [1.82, 2.24) is 0 Å². The summed E-state index contributed by atoms with van der Waals surface area (Å²) in [6.07, 6.45) is 0. The van der Waals surface area contributed by atoms with E-state index in [1.165, 1.54) is 55.6 Å². The Morgan fingerprint density at radius 2 is 1.62 bits per heavy atom. The van der Waals surface area contributed by atoms with Crippen molar-refractivity contribution in [3.8, 4) is 11.5 Å². The van der Waals surface area contributed by atoms with Gasteiger partial charge in [-0.1, -0.05) is 24.3 Å². The van der Waals surface area contributed by atoms with Crippen LogP contribution >= 0.6 is 0 Å². The van der Waals surface area contributed by atoms with E-state index in [1.807, 2.05) is 0 Å². The van der Waals surface area contributed by atoms with Crippen molar-refractivity contribution in [2.45, 2.75) is 5.75 Å². The highest BCUT2D eigenvalue weighted by Crippen LogP contribution is 2.22. The van der Waals surface area contributed by atoms with Crippen LogP contribution in [0.25, 0.3) is 0 Å². The number of rotatable bonds is 7. The molecule has 0 spiro atoms. The van der Waals surface area contributed by atoms with Crippen LogP contribution in [0.4, 0.5) is 10.1 Å². The zero-order valence-electron chi connectivity index (χ0n) is 15.5. The van der Waals surface area contributed by atoms with E-state index in [1.54, 1.807) is 24.3 Å². The van der Waals surface area contributed by atoms with Crippen LogP contribution in [-0.4, -0.2) is 21.4 Å². The molecule has 0 aliphatic carbocycles. The van der Waals surface area contributed by atoms with Gasteiger partial charge in [0.2, 0.25) is 0 Å². The number of hydrogen-bond donors (Lipinski definition) is 1. The first kappa shape index (κ1) is 20.3.